The zero-order valence-electron chi connectivity index (χ0n) is 13.7. The predicted octanol–water partition coefficient (Wildman–Crippen LogP) is 2.42. The lowest BCUT2D eigenvalue weighted by atomic mass is 10.0. The first-order valence-electron chi connectivity index (χ1n) is 7.23. The highest BCUT2D eigenvalue weighted by Crippen LogP contribution is 2.21. The van der Waals surface area contributed by atoms with Gasteiger partial charge in [-0.2, -0.15) is 0 Å². The minimum absolute atomic E-state index is 0.00586. The average Bonchev–Trinajstić information content (AvgIpc) is 2.98. The summed E-state index contributed by atoms with van der Waals surface area (Å²) in [6.45, 7) is 1.72. The second kappa shape index (κ2) is 8.00. The molecule has 0 aliphatic heterocycles. The third-order valence-electron chi connectivity index (χ3n) is 3.29. The summed E-state index contributed by atoms with van der Waals surface area (Å²) in [5.74, 6) is 1.11. The quantitative estimate of drug-likeness (QED) is 0.787. The van der Waals surface area contributed by atoms with E-state index in [1.165, 1.54) is 7.11 Å². The van der Waals surface area contributed by atoms with E-state index in [4.69, 9.17) is 9.26 Å². The van der Waals surface area contributed by atoms with Gasteiger partial charge in [0.2, 0.25) is 0 Å². The number of nitrogens with zero attached hydrogens (tertiary/aromatic N) is 1. The monoisotopic (exact) mass is 333 g/mol. The zero-order chi connectivity index (χ0) is 17.5. The van der Waals surface area contributed by atoms with Gasteiger partial charge in [-0.1, -0.05) is 17.3 Å². The van der Waals surface area contributed by atoms with Crippen molar-refractivity contribution in [1.29, 1.82) is 0 Å². The number of amides is 2. The Morgan fingerprint density at radius 1 is 1.25 bits per heavy atom. The molecule has 0 spiro atoms. The molecule has 0 saturated carbocycles. The van der Waals surface area contributed by atoms with Crippen molar-refractivity contribution in [2.45, 2.75) is 19.4 Å². The standard InChI is InChI=1S/C16H19N3O5/c1-10-8-14(19-24-10)18-16(21)17-13(9-15(20)23-3)11-4-6-12(22-2)7-5-11/h4-8,13H,9H2,1-3H3,(H2,17,18,19,21)/t13-/m1/s1. The molecule has 1 heterocycles. The SMILES string of the molecule is COC(=O)C[C@@H](NC(=O)Nc1cc(C)on1)c1ccc(OC)cc1. The summed E-state index contributed by atoms with van der Waals surface area (Å²) in [6, 6.07) is 7.56. The second-order valence-corrected chi connectivity index (χ2v) is 5.03. The van der Waals surface area contributed by atoms with E-state index in [0.29, 0.717) is 11.5 Å². The minimum Gasteiger partial charge on any atom is -0.497 e. The highest BCUT2D eigenvalue weighted by molar-refractivity contribution is 5.88. The van der Waals surface area contributed by atoms with E-state index in [-0.39, 0.29) is 12.2 Å². The number of benzene rings is 1. The molecule has 0 aliphatic rings. The maximum Gasteiger partial charge on any atom is 0.320 e. The molecular formula is C16H19N3O5. The number of urea groups is 1. The van der Waals surface area contributed by atoms with E-state index in [2.05, 4.69) is 20.5 Å². The summed E-state index contributed by atoms with van der Waals surface area (Å²) in [5.41, 5.74) is 0.743. The molecule has 8 nitrogen and oxygen atoms in total. The lowest BCUT2D eigenvalue weighted by molar-refractivity contribution is -0.141. The van der Waals surface area contributed by atoms with Crippen LogP contribution < -0.4 is 15.4 Å². The van der Waals surface area contributed by atoms with Gasteiger partial charge >= 0.3 is 12.0 Å². The molecule has 0 fully saturated rings. The molecular weight excluding hydrogens is 314 g/mol. The summed E-state index contributed by atoms with van der Waals surface area (Å²) < 4.78 is 14.7. The largest absolute Gasteiger partial charge is 0.497 e. The smallest absolute Gasteiger partial charge is 0.320 e. The van der Waals surface area contributed by atoms with Crippen molar-refractivity contribution in [3.8, 4) is 5.75 Å². The third kappa shape index (κ3) is 4.73. The van der Waals surface area contributed by atoms with Crippen molar-refractivity contribution in [1.82, 2.24) is 10.5 Å². The van der Waals surface area contributed by atoms with Crippen molar-refractivity contribution >= 4 is 17.8 Å². The predicted molar refractivity (Wildman–Crippen MR) is 85.8 cm³/mol. The lowest BCUT2D eigenvalue weighted by Crippen LogP contribution is -2.34. The summed E-state index contributed by atoms with van der Waals surface area (Å²) in [6.07, 6.45) is -0.00586. The van der Waals surface area contributed by atoms with E-state index >= 15 is 0 Å². The van der Waals surface area contributed by atoms with Crippen molar-refractivity contribution < 1.29 is 23.6 Å². The van der Waals surface area contributed by atoms with Crippen LogP contribution in [0.3, 0.4) is 0 Å². The Balaban J connectivity index is 2.09. The first kappa shape index (κ1) is 17.3. The Hall–Kier alpha value is -3.03. The average molecular weight is 333 g/mol. The van der Waals surface area contributed by atoms with Crippen LogP contribution in [0.1, 0.15) is 23.8 Å². The zero-order valence-corrected chi connectivity index (χ0v) is 13.7. The number of carbonyl (C=O) groups is 2. The van der Waals surface area contributed by atoms with Crippen LogP contribution in [0, 0.1) is 6.92 Å². The number of anilines is 1. The number of methoxy groups -OCH3 is 2. The molecule has 8 heteroatoms. The van der Waals surface area contributed by atoms with E-state index in [1.54, 1.807) is 44.4 Å². The first-order chi connectivity index (χ1) is 11.5. The minimum atomic E-state index is -0.559. The molecule has 2 N–H and O–H groups in total. The van der Waals surface area contributed by atoms with Gasteiger partial charge in [-0.25, -0.2) is 4.79 Å². The topological polar surface area (TPSA) is 103 Å². The van der Waals surface area contributed by atoms with E-state index in [9.17, 15) is 9.59 Å². The number of hydrogen-bond acceptors (Lipinski definition) is 6. The molecule has 128 valence electrons. The van der Waals surface area contributed by atoms with Crippen LogP contribution in [0.5, 0.6) is 5.75 Å². The number of rotatable bonds is 6. The molecule has 2 rings (SSSR count). The van der Waals surface area contributed by atoms with Crippen molar-refractivity contribution in [2.24, 2.45) is 0 Å². The number of aryl methyl sites for hydroxylation is 1. The van der Waals surface area contributed by atoms with E-state index in [0.717, 1.165) is 5.56 Å². The molecule has 1 aromatic carbocycles. The van der Waals surface area contributed by atoms with Crippen LogP contribution in [0.2, 0.25) is 0 Å². The summed E-state index contributed by atoms with van der Waals surface area (Å²) in [4.78, 5) is 23.7. The Kier molecular flexibility index (Phi) is 5.78. The van der Waals surface area contributed by atoms with Gasteiger partial charge in [0.25, 0.3) is 0 Å². The normalized spacial score (nSPS) is 11.5. The van der Waals surface area contributed by atoms with Crippen LogP contribution in [-0.4, -0.2) is 31.4 Å². The lowest BCUT2D eigenvalue weighted by Gasteiger charge is -2.18. The Morgan fingerprint density at radius 3 is 2.50 bits per heavy atom. The van der Waals surface area contributed by atoms with Crippen molar-refractivity contribution in [2.75, 3.05) is 19.5 Å². The van der Waals surface area contributed by atoms with E-state index in [1.807, 2.05) is 0 Å². The van der Waals surface area contributed by atoms with Gasteiger partial charge in [-0.15, -0.1) is 0 Å². The maximum atomic E-state index is 12.1. The summed E-state index contributed by atoms with van der Waals surface area (Å²) >= 11 is 0. The van der Waals surface area contributed by atoms with Crippen molar-refractivity contribution in [3.05, 3.63) is 41.7 Å². The Labute approximate surface area is 139 Å². The fraction of sp³-hybridized carbons (Fsp3) is 0.312. The van der Waals surface area contributed by atoms with Crippen LogP contribution >= 0.6 is 0 Å². The van der Waals surface area contributed by atoms with Gasteiger partial charge in [0, 0.05) is 6.07 Å². The number of ether oxygens (including phenoxy) is 2. The third-order valence-corrected chi connectivity index (χ3v) is 3.29. The van der Waals surface area contributed by atoms with Crippen LogP contribution in [0.25, 0.3) is 0 Å². The molecule has 0 aliphatic carbocycles. The van der Waals surface area contributed by atoms with Gasteiger partial charge in [-0.05, 0) is 24.6 Å². The molecule has 2 aromatic rings. The molecule has 0 radical (unpaired) electrons. The summed E-state index contributed by atoms with van der Waals surface area (Å²) in [5, 5.41) is 8.95. The molecule has 1 atom stereocenters. The molecule has 2 amide bonds. The first-order valence-corrected chi connectivity index (χ1v) is 7.23. The molecule has 0 unspecified atom stereocenters. The fourth-order valence-corrected chi connectivity index (χ4v) is 2.07. The summed E-state index contributed by atoms with van der Waals surface area (Å²) in [7, 11) is 2.86. The van der Waals surface area contributed by atoms with Gasteiger partial charge in [0.05, 0.1) is 26.7 Å². The Bertz CT molecular complexity index is 696. The number of esters is 1. The highest BCUT2D eigenvalue weighted by Gasteiger charge is 2.19. The van der Waals surface area contributed by atoms with Gasteiger partial charge in [0.1, 0.15) is 11.5 Å². The molecule has 24 heavy (non-hydrogen) atoms. The van der Waals surface area contributed by atoms with E-state index < -0.39 is 18.0 Å². The van der Waals surface area contributed by atoms with Crippen LogP contribution in [0.15, 0.2) is 34.9 Å². The van der Waals surface area contributed by atoms with Crippen LogP contribution in [-0.2, 0) is 9.53 Å². The molecule has 1 aromatic heterocycles. The molecule has 0 bridgehead atoms. The number of nitrogens with one attached hydrogen (secondary N) is 2. The van der Waals surface area contributed by atoms with Gasteiger partial charge < -0.3 is 19.3 Å². The highest BCUT2D eigenvalue weighted by atomic mass is 16.5. The van der Waals surface area contributed by atoms with Gasteiger partial charge in [-0.3, -0.25) is 10.1 Å². The number of carbonyl (C=O) groups excluding carboxylic acids is 2. The number of aromatic nitrogens is 1. The van der Waals surface area contributed by atoms with Crippen LogP contribution in [0.4, 0.5) is 10.6 Å². The fourth-order valence-electron chi connectivity index (χ4n) is 2.07. The van der Waals surface area contributed by atoms with Gasteiger partial charge in [0.15, 0.2) is 5.82 Å². The Morgan fingerprint density at radius 2 is 1.96 bits per heavy atom. The number of hydrogen-bond donors (Lipinski definition) is 2. The molecule has 0 saturated heterocycles. The van der Waals surface area contributed by atoms with Crippen molar-refractivity contribution in [3.63, 3.8) is 0 Å². The maximum absolute atomic E-state index is 12.1. The second-order valence-electron chi connectivity index (χ2n) is 5.03.